The maximum absolute atomic E-state index is 13.4. The Labute approximate surface area is 145 Å². The van der Waals surface area contributed by atoms with E-state index in [1.807, 2.05) is 0 Å². The average Bonchev–Trinajstić information content (AvgIpc) is 3.35. The van der Waals surface area contributed by atoms with Crippen molar-refractivity contribution < 1.29 is 23.5 Å². The Morgan fingerprint density at radius 2 is 1.96 bits per heavy atom. The van der Waals surface area contributed by atoms with Gasteiger partial charge in [0.25, 0.3) is 0 Å². The van der Waals surface area contributed by atoms with Gasteiger partial charge in [-0.15, -0.1) is 0 Å². The second-order valence-electron chi connectivity index (χ2n) is 5.20. The van der Waals surface area contributed by atoms with E-state index in [-0.39, 0.29) is 30.0 Å². The minimum Gasteiger partial charge on any atom is -0.463 e. The van der Waals surface area contributed by atoms with Crippen LogP contribution >= 0.6 is 11.6 Å². The number of carbonyl (C=O) groups is 2. The van der Waals surface area contributed by atoms with Crippen LogP contribution in [0.15, 0.2) is 30.0 Å². The van der Waals surface area contributed by atoms with E-state index in [4.69, 9.17) is 21.1 Å². The lowest BCUT2D eigenvalue weighted by Gasteiger charge is -2.26. The zero-order valence-electron chi connectivity index (χ0n) is 13.6. The third-order valence-corrected chi connectivity index (χ3v) is 3.67. The molecule has 0 unspecified atom stereocenters. The number of carbonyl (C=O) groups excluding carboxylic acids is 2. The van der Waals surface area contributed by atoms with Crippen LogP contribution in [0.1, 0.15) is 26.7 Å². The minimum absolute atomic E-state index is 0.0246. The first-order chi connectivity index (χ1) is 11.5. The van der Waals surface area contributed by atoms with E-state index in [2.05, 4.69) is 0 Å². The number of esters is 2. The van der Waals surface area contributed by atoms with E-state index >= 15 is 0 Å². The van der Waals surface area contributed by atoms with Gasteiger partial charge < -0.3 is 14.4 Å². The molecule has 1 aromatic rings. The summed E-state index contributed by atoms with van der Waals surface area (Å²) in [5.74, 6) is -1.83. The molecular weight excluding hydrogens is 337 g/mol. The van der Waals surface area contributed by atoms with Crippen LogP contribution in [0.4, 0.5) is 10.1 Å². The molecule has 24 heavy (non-hydrogen) atoms. The third-order valence-electron chi connectivity index (χ3n) is 3.38. The Bertz CT molecular complexity index is 658. The normalized spacial score (nSPS) is 14.2. The molecule has 1 aliphatic carbocycles. The lowest BCUT2D eigenvalue weighted by atomic mass is 10.2. The molecule has 0 amide bonds. The summed E-state index contributed by atoms with van der Waals surface area (Å²) >= 11 is 5.85. The molecule has 2 rings (SSSR count). The first-order valence-electron chi connectivity index (χ1n) is 7.77. The van der Waals surface area contributed by atoms with Gasteiger partial charge in [0.2, 0.25) is 0 Å². The topological polar surface area (TPSA) is 55.8 Å². The van der Waals surface area contributed by atoms with Gasteiger partial charge in [-0.2, -0.15) is 0 Å². The molecule has 0 N–H and O–H groups in total. The van der Waals surface area contributed by atoms with Gasteiger partial charge in [-0.05, 0) is 44.9 Å². The predicted molar refractivity (Wildman–Crippen MR) is 88.3 cm³/mol. The van der Waals surface area contributed by atoms with Crippen LogP contribution in [0, 0.1) is 5.82 Å². The van der Waals surface area contributed by atoms with Crippen LogP contribution in [0.5, 0.6) is 0 Å². The zero-order valence-corrected chi connectivity index (χ0v) is 14.3. The van der Waals surface area contributed by atoms with Gasteiger partial charge in [0, 0.05) is 11.7 Å². The van der Waals surface area contributed by atoms with Crippen LogP contribution in [0.3, 0.4) is 0 Å². The van der Waals surface area contributed by atoms with Crippen LogP contribution in [0.2, 0.25) is 5.02 Å². The second kappa shape index (κ2) is 8.15. The first kappa shape index (κ1) is 18.3. The van der Waals surface area contributed by atoms with Gasteiger partial charge in [-0.3, -0.25) is 0 Å². The summed E-state index contributed by atoms with van der Waals surface area (Å²) in [7, 11) is 0. The summed E-state index contributed by atoms with van der Waals surface area (Å²) in [5.41, 5.74) is 0.577. The fourth-order valence-corrected chi connectivity index (χ4v) is 2.42. The number of rotatable bonds is 7. The Balaban J connectivity index is 2.43. The standard InChI is InChI=1S/C17H19ClFNO4/c1-3-23-16(21)10-15(17(22)24-4-2)20(11-5-6-11)12-7-8-14(19)13(18)9-12/h7-11H,3-6H2,1-2H3/b15-10+. The molecule has 1 fully saturated rings. The van der Waals surface area contributed by atoms with Gasteiger partial charge in [0.15, 0.2) is 0 Å². The zero-order chi connectivity index (χ0) is 17.7. The SMILES string of the molecule is CCOC(=O)/C=C(\C(=O)OCC)N(c1ccc(F)c(Cl)c1)C1CC1. The van der Waals surface area contributed by atoms with Crippen molar-refractivity contribution in [2.24, 2.45) is 0 Å². The van der Waals surface area contributed by atoms with Crippen molar-refractivity contribution in [3.63, 3.8) is 0 Å². The van der Waals surface area contributed by atoms with Crippen molar-refractivity contribution in [1.29, 1.82) is 0 Å². The summed E-state index contributed by atoms with van der Waals surface area (Å²) in [4.78, 5) is 25.8. The molecular formula is C17H19ClFNO4. The fourth-order valence-electron chi connectivity index (χ4n) is 2.24. The number of halogens is 2. The largest absolute Gasteiger partial charge is 0.463 e. The number of ether oxygens (including phenoxy) is 2. The van der Waals surface area contributed by atoms with E-state index in [1.54, 1.807) is 18.7 Å². The first-order valence-corrected chi connectivity index (χ1v) is 8.15. The molecule has 5 nitrogen and oxygen atoms in total. The lowest BCUT2D eigenvalue weighted by Crippen LogP contribution is -2.31. The Kier molecular flexibility index (Phi) is 6.20. The van der Waals surface area contributed by atoms with E-state index in [0.29, 0.717) is 5.69 Å². The second-order valence-corrected chi connectivity index (χ2v) is 5.61. The van der Waals surface area contributed by atoms with E-state index in [1.165, 1.54) is 18.2 Å². The van der Waals surface area contributed by atoms with Gasteiger partial charge in [-0.1, -0.05) is 11.6 Å². The third kappa shape index (κ3) is 4.47. The quantitative estimate of drug-likeness (QED) is 0.554. The number of anilines is 1. The number of nitrogens with zero attached hydrogens (tertiary/aromatic N) is 1. The molecule has 1 aromatic carbocycles. The van der Waals surface area contributed by atoms with E-state index in [0.717, 1.165) is 18.9 Å². The number of hydrogen-bond acceptors (Lipinski definition) is 5. The summed E-state index contributed by atoms with van der Waals surface area (Å²) in [6.45, 7) is 3.71. The summed E-state index contributed by atoms with van der Waals surface area (Å²) < 4.78 is 23.4. The molecule has 0 bridgehead atoms. The maximum Gasteiger partial charge on any atom is 0.355 e. The highest BCUT2D eigenvalue weighted by Crippen LogP contribution is 2.36. The summed E-state index contributed by atoms with van der Waals surface area (Å²) in [6.07, 6.45) is 2.79. The molecule has 0 aromatic heterocycles. The summed E-state index contributed by atoms with van der Waals surface area (Å²) in [6, 6.07) is 4.18. The predicted octanol–water partition coefficient (Wildman–Crippen LogP) is 3.46. The van der Waals surface area contributed by atoms with Crippen LogP contribution < -0.4 is 4.90 Å². The Morgan fingerprint density at radius 3 is 2.50 bits per heavy atom. The van der Waals surface area contributed by atoms with Crippen molar-refractivity contribution >= 4 is 29.2 Å². The van der Waals surface area contributed by atoms with Gasteiger partial charge in [0.1, 0.15) is 11.5 Å². The Morgan fingerprint density at radius 1 is 1.29 bits per heavy atom. The molecule has 130 valence electrons. The minimum atomic E-state index is -0.641. The number of hydrogen-bond donors (Lipinski definition) is 0. The number of benzene rings is 1. The van der Waals surface area contributed by atoms with Gasteiger partial charge in [-0.25, -0.2) is 14.0 Å². The lowest BCUT2D eigenvalue weighted by molar-refractivity contribution is -0.141. The highest BCUT2D eigenvalue weighted by Gasteiger charge is 2.35. The van der Waals surface area contributed by atoms with Crippen molar-refractivity contribution in [3.8, 4) is 0 Å². The average molecular weight is 356 g/mol. The summed E-state index contributed by atoms with van der Waals surface area (Å²) in [5, 5.41) is -0.0579. The Hall–Kier alpha value is -2.08. The highest BCUT2D eigenvalue weighted by atomic mass is 35.5. The molecule has 0 saturated heterocycles. The van der Waals surface area contributed by atoms with E-state index < -0.39 is 17.8 Å². The highest BCUT2D eigenvalue weighted by molar-refractivity contribution is 6.31. The van der Waals surface area contributed by atoms with Crippen molar-refractivity contribution in [2.75, 3.05) is 18.1 Å². The molecule has 1 saturated carbocycles. The van der Waals surface area contributed by atoms with Gasteiger partial charge in [0.05, 0.1) is 24.3 Å². The molecule has 0 aliphatic heterocycles. The van der Waals surface area contributed by atoms with Crippen molar-refractivity contribution in [3.05, 3.63) is 40.8 Å². The van der Waals surface area contributed by atoms with E-state index in [9.17, 15) is 14.0 Å². The molecule has 0 radical (unpaired) electrons. The smallest absolute Gasteiger partial charge is 0.355 e. The fraction of sp³-hybridized carbons (Fsp3) is 0.412. The molecule has 0 spiro atoms. The molecule has 0 heterocycles. The molecule has 1 aliphatic rings. The van der Waals surface area contributed by atoms with Crippen LogP contribution in [-0.4, -0.2) is 31.2 Å². The maximum atomic E-state index is 13.4. The van der Waals surface area contributed by atoms with Crippen LogP contribution in [0.25, 0.3) is 0 Å². The van der Waals surface area contributed by atoms with Gasteiger partial charge >= 0.3 is 11.9 Å². The van der Waals surface area contributed by atoms with Crippen molar-refractivity contribution in [2.45, 2.75) is 32.7 Å². The van der Waals surface area contributed by atoms with Crippen molar-refractivity contribution in [1.82, 2.24) is 0 Å². The monoisotopic (exact) mass is 355 g/mol. The molecule has 0 atom stereocenters. The van der Waals surface area contributed by atoms with Crippen LogP contribution in [-0.2, 0) is 19.1 Å². The molecule has 7 heteroatoms.